The number of thioether (sulfide) groups is 1. The highest BCUT2D eigenvalue weighted by Crippen LogP contribution is 2.22. The number of aryl methyl sites for hydroxylation is 1. The van der Waals surface area contributed by atoms with Crippen molar-refractivity contribution in [3.8, 4) is 6.07 Å². The first-order chi connectivity index (χ1) is 11.5. The molecule has 0 radical (unpaired) electrons. The Morgan fingerprint density at radius 1 is 1.38 bits per heavy atom. The van der Waals surface area contributed by atoms with Gasteiger partial charge in [0.25, 0.3) is 11.7 Å². The number of nitriles is 1. The molecule has 124 valence electrons. The van der Waals surface area contributed by atoms with Gasteiger partial charge in [0, 0.05) is 11.8 Å². The first kappa shape index (κ1) is 17.8. The number of nitrogens with one attached hydrogen (secondary N) is 1. The van der Waals surface area contributed by atoms with Crippen LogP contribution in [0.25, 0.3) is 6.08 Å². The van der Waals surface area contributed by atoms with Gasteiger partial charge in [0.15, 0.2) is 0 Å². The zero-order valence-electron chi connectivity index (χ0n) is 12.8. The number of hydrogen-bond donors (Lipinski definition) is 1. The summed E-state index contributed by atoms with van der Waals surface area (Å²) in [7, 11) is 0. The molecule has 4 nitrogen and oxygen atoms in total. The number of para-hydroxylation sites is 1. The lowest BCUT2D eigenvalue weighted by atomic mass is 10.2. The van der Waals surface area contributed by atoms with E-state index in [9.17, 15) is 13.6 Å². The number of alkyl halides is 2. The molecule has 0 aliphatic carbocycles. The van der Waals surface area contributed by atoms with Crippen LogP contribution in [0.5, 0.6) is 0 Å². The van der Waals surface area contributed by atoms with Crippen LogP contribution >= 0.6 is 11.8 Å². The van der Waals surface area contributed by atoms with E-state index in [0.717, 1.165) is 5.56 Å². The largest absolute Gasteiger partial charge is 0.461 e. The topological polar surface area (TPSA) is 66.0 Å². The molecule has 1 aromatic carbocycles. The number of carbonyl (C=O) groups is 1. The van der Waals surface area contributed by atoms with Crippen LogP contribution < -0.4 is 5.32 Å². The summed E-state index contributed by atoms with van der Waals surface area (Å²) in [6.45, 7) is 1.84. The number of carbonyl (C=O) groups excluding carboxylic acids is 1. The zero-order chi connectivity index (χ0) is 17.5. The van der Waals surface area contributed by atoms with E-state index in [1.54, 1.807) is 12.1 Å². The van der Waals surface area contributed by atoms with Crippen molar-refractivity contribution in [2.45, 2.75) is 18.4 Å². The van der Waals surface area contributed by atoms with E-state index in [4.69, 9.17) is 9.68 Å². The molecule has 24 heavy (non-hydrogen) atoms. The van der Waals surface area contributed by atoms with Gasteiger partial charge in [-0.15, -0.1) is 0 Å². The van der Waals surface area contributed by atoms with E-state index in [1.165, 1.54) is 18.2 Å². The van der Waals surface area contributed by atoms with Gasteiger partial charge in [0.2, 0.25) is 0 Å². The second-order valence-corrected chi connectivity index (χ2v) is 5.79. The SMILES string of the molecule is Cc1ccccc1NC(=O)/C(C#N)=C/c1ccc(CSC(F)F)o1. The minimum Gasteiger partial charge on any atom is -0.461 e. The van der Waals surface area contributed by atoms with Gasteiger partial charge >= 0.3 is 0 Å². The number of anilines is 1. The average molecular weight is 348 g/mol. The van der Waals surface area contributed by atoms with Gasteiger partial charge in [-0.25, -0.2) is 0 Å². The fourth-order valence-corrected chi connectivity index (χ4v) is 2.33. The fourth-order valence-electron chi connectivity index (χ4n) is 1.89. The van der Waals surface area contributed by atoms with Crippen molar-refractivity contribution in [2.75, 3.05) is 5.32 Å². The second kappa shape index (κ2) is 8.31. The average Bonchev–Trinajstić information content (AvgIpc) is 3.00. The van der Waals surface area contributed by atoms with Crippen molar-refractivity contribution >= 4 is 29.4 Å². The number of nitrogens with zero attached hydrogens (tertiary/aromatic N) is 1. The molecule has 0 fully saturated rings. The van der Waals surface area contributed by atoms with E-state index in [-0.39, 0.29) is 17.1 Å². The van der Waals surface area contributed by atoms with Gasteiger partial charge in [-0.2, -0.15) is 14.0 Å². The maximum atomic E-state index is 12.2. The highest BCUT2D eigenvalue weighted by molar-refractivity contribution is 7.98. The van der Waals surface area contributed by atoms with Gasteiger partial charge in [-0.05, 0) is 30.7 Å². The van der Waals surface area contributed by atoms with Crippen LogP contribution in [-0.2, 0) is 10.5 Å². The molecule has 7 heteroatoms. The Balaban J connectivity index is 2.10. The predicted octanol–water partition coefficient (Wildman–Crippen LogP) is 4.59. The Morgan fingerprint density at radius 3 is 2.79 bits per heavy atom. The first-order valence-electron chi connectivity index (χ1n) is 6.97. The van der Waals surface area contributed by atoms with Gasteiger partial charge in [-0.3, -0.25) is 4.79 Å². The number of halogens is 2. The first-order valence-corrected chi connectivity index (χ1v) is 8.01. The molecular weight excluding hydrogens is 334 g/mol. The summed E-state index contributed by atoms with van der Waals surface area (Å²) in [4.78, 5) is 12.2. The van der Waals surface area contributed by atoms with Crippen LogP contribution in [0.2, 0.25) is 0 Å². The minimum absolute atomic E-state index is 0.0167. The van der Waals surface area contributed by atoms with Crippen LogP contribution in [0, 0.1) is 18.3 Å². The van der Waals surface area contributed by atoms with Gasteiger partial charge in [-0.1, -0.05) is 30.0 Å². The summed E-state index contributed by atoms with van der Waals surface area (Å²) in [6, 6.07) is 12.1. The molecule has 0 aliphatic rings. The molecule has 1 aromatic heterocycles. The summed E-state index contributed by atoms with van der Waals surface area (Å²) >= 11 is 0.440. The van der Waals surface area contributed by atoms with Crippen LogP contribution in [0.15, 0.2) is 46.4 Å². The van der Waals surface area contributed by atoms with Crippen LogP contribution in [0.3, 0.4) is 0 Å². The van der Waals surface area contributed by atoms with Crippen LogP contribution in [-0.4, -0.2) is 11.7 Å². The normalized spacial score (nSPS) is 11.4. The molecule has 0 saturated heterocycles. The molecule has 0 saturated carbocycles. The lowest BCUT2D eigenvalue weighted by Crippen LogP contribution is -2.14. The minimum atomic E-state index is -2.48. The molecular formula is C17H14F2N2O2S. The van der Waals surface area contributed by atoms with Crippen molar-refractivity contribution in [1.29, 1.82) is 5.26 Å². The standard InChI is InChI=1S/C17H14F2N2O2S/c1-11-4-2-3-5-15(11)21-16(22)12(9-20)8-13-6-7-14(23-13)10-24-17(18)19/h2-8,17H,10H2,1H3,(H,21,22)/b12-8+. The van der Waals surface area contributed by atoms with Gasteiger partial charge in [0.1, 0.15) is 23.2 Å². The van der Waals surface area contributed by atoms with E-state index in [0.29, 0.717) is 23.2 Å². The van der Waals surface area contributed by atoms with Crippen molar-refractivity contribution in [1.82, 2.24) is 0 Å². The van der Waals surface area contributed by atoms with Crippen molar-refractivity contribution in [3.05, 3.63) is 59.1 Å². The van der Waals surface area contributed by atoms with Crippen molar-refractivity contribution in [2.24, 2.45) is 0 Å². The van der Waals surface area contributed by atoms with E-state index in [2.05, 4.69) is 5.32 Å². The van der Waals surface area contributed by atoms with Crippen molar-refractivity contribution in [3.63, 3.8) is 0 Å². The highest BCUT2D eigenvalue weighted by Gasteiger charge is 2.12. The molecule has 2 rings (SSSR count). The number of furan rings is 1. The Bertz CT molecular complexity index is 794. The third-order valence-corrected chi connectivity index (χ3v) is 3.78. The third-order valence-electron chi connectivity index (χ3n) is 3.08. The van der Waals surface area contributed by atoms with Gasteiger partial charge in [0.05, 0.1) is 5.75 Å². The smallest absolute Gasteiger partial charge is 0.284 e. The molecule has 0 unspecified atom stereocenters. The molecule has 0 spiro atoms. The summed E-state index contributed by atoms with van der Waals surface area (Å²) in [5.74, 6) is -2.42. The second-order valence-electron chi connectivity index (χ2n) is 4.81. The predicted molar refractivity (Wildman–Crippen MR) is 89.4 cm³/mol. The molecule has 1 heterocycles. The maximum absolute atomic E-state index is 12.2. The van der Waals surface area contributed by atoms with Crippen molar-refractivity contribution < 1.29 is 18.0 Å². The van der Waals surface area contributed by atoms with Crippen LogP contribution in [0.1, 0.15) is 17.1 Å². The Hall–Kier alpha value is -2.59. The van der Waals surface area contributed by atoms with Crippen LogP contribution in [0.4, 0.5) is 14.5 Å². The van der Waals surface area contributed by atoms with E-state index < -0.39 is 11.7 Å². The monoisotopic (exact) mass is 348 g/mol. The number of benzene rings is 1. The molecule has 1 N–H and O–H groups in total. The highest BCUT2D eigenvalue weighted by atomic mass is 32.2. The van der Waals surface area contributed by atoms with Gasteiger partial charge < -0.3 is 9.73 Å². The zero-order valence-corrected chi connectivity index (χ0v) is 13.6. The number of rotatable bonds is 6. The lowest BCUT2D eigenvalue weighted by molar-refractivity contribution is -0.112. The molecule has 0 aliphatic heterocycles. The lowest BCUT2D eigenvalue weighted by Gasteiger charge is -2.06. The molecule has 2 aromatic rings. The molecule has 1 amide bonds. The Kier molecular flexibility index (Phi) is 6.15. The summed E-state index contributed by atoms with van der Waals surface area (Å²) in [5.41, 5.74) is 1.34. The summed E-state index contributed by atoms with van der Waals surface area (Å²) < 4.78 is 29.6. The Labute approximate surface area is 142 Å². The molecule has 0 bridgehead atoms. The van der Waals surface area contributed by atoms with E-state index in [1.807, 2.05) is 25.1 Å². The Morgan fingerprint density at radius 2 is 2.12 bits per heavy atom. The summed E-state index contributed by atoms with van der Waals surface area (Å²) in [6.07, 6.45) is 1.28. The number of hydrogen-bond acceptors (Lipinski definition) is 4. The van der Waals surface area contributed by atoms with E-state index >= 15 is 0 Å². The number of amides is 1. The molecule has 0 atom stereocenters. The fraction of sp³-hybridized carbons (Fsp3) is 0.176. The quantitative estimate of drug-likeness (QED) is 0.612. The maximum Gasteiger partial charge on any atom is 0.284 e. The summed E-state index contributed by atoms with van der Waals surface area (Å²) in [5, 5.41) is 11.8. The third kappa shape index (κ3) is 4.96.